The Morgan fingerprint density at radius 1 is 0.962 bits per heavy atom. The third-order valence-corrected chi connectivity index (χ3v) is 4.58. The van der Waals surface area contributed by atoms with E-state index in [-0.39, 0.29) is 5.56 Å². The summed E-state index contributed by atoms with van der Waals surface area (Å²) in [5, 5.41) is 0. The lowest BCUT2D eigenvalue weighted by Gasteiger charge is -2.08. The maximum absolute atomic E-state index is 13.5. The summed E-state index contributed by atoms with van der Waals surface area (Å²) in [4.78, 5) is 22.0. The largest absolute Gasteiger partial charge is 0.456 e. The molecule has 0 aliphatic carbocycles. The first-order chi connectivity index (χ1) is 12.2. The molecule has 0 heterocycles. The molecule has 0 unspecified atom stereocenters. The number of benzene rings is 2. The minimum Gasteiger partial charge on any atom is -0.456 e. The first kappa shape index (κ1) is 19.6. The summed E-state index contributed by atoms with van der Waals surface area (Å²) in [6.45, 7) is -1.65. The molecule has 0 aliphatic rings. The van der Waals surface area contributed by atoms with Crippen LogP contribution in [0.15, 0.2) is 47.4 Å². The van der Waals surface area contributed by atoms with Gasteiger partial charge in [0.1, 0.15) is 24.0 Å². The summed E-state index contributed by atoms with van der Waals surface area (Å²) in [6, 6.07) is 6.95. The van der Waals surface area contributed by atoms with E-state index >= 15 is 0 Å². The van der Waals surface area contributed by atoms with E-state index in [9.17, 15) is 31.2 Å². The molecule has 2 aromatic rings. The van der Waals surface area contributed by atoms with Gasteiger partial charge in [0.2, 0.25) is 10.0 Å². The van der Waals surface area contributed by atoms with Gasteiger partial charge in [-0.15, -0.1) is 0 Å². The minimum atomic E-state index is -4.64. The summed E-state index contributed by atoms with van der Waals surface area (Å²) in [5.74, 6) is -4.97. The van der Waals surface area contributed by atoms with Gasteiger partial charge >= 0.3 is 5.97 Å². The molecule has 0 spiro atoms. The summed E-state index contributed by atoms with van der Waals surface area (Å²) in [5.41, 5.74) is 0.0909. The van der Waals surface area contributed by atoms with Gasteiger partial charge in [-0.1, -0.05) is 6.07 Å². The van der Waals surface area contributed by atoms with Crippen molar-refractivity contribution in [2.24, 2.45) is 0 Å². The normalized spacial score (nSPS) is 11.2. The second-order valence-corrected chi connectivity index (χ2v) is 6.67. The van der Waals surface area contributed by atoms with Crippen LogP contribution in [0.2, 0.25) is 0 Å². The zero-order valence-electron chi connectivity index (χ0n) is 13.0. The molecule has 0 bridgehead atoms. The zero-order chi connectivity index (χ0) is 19.3. The van der Waals surface area contributed by atoms with Gasteiger partial charge in [0.25, 0.3) is 0 Å². The van der Waals surface area contributed by atoms with Gasteiger partial charge in [-0.2, -0.15) is 4.72 Å². The monoisotopic (exact) mass is 387 g/mol. The fourth-order valence-corrected chi connectivity index (χ4v) is 2.98. The number of Topliss-reactive ketones (excluding diaryl/α,β-unsaturated/α-hetero) is 1. The highest BCUT2D eigenvalue weighted by molar-refractivity contribution is 7.89. The average Bonchev–Trinajstić information content (AvgIpc) is 2.58. The average molecular weight is 387 g/mol. The number of ketones is 1. The van der Waals surface area contributed by atoms with Gasteiger partial charge in [-0.3, -0.25) is 9.59 Å². The fourth-order valence-electron chi connectivity index (χ4n) is 1.88. The van der Waals surface area contributed by atoms with E-state index in [0.29, 0.717) is 0 Å². The molecule has 6 nitrogen and oxygen atoms in total. The van der Waals surface area contributed by atoms with E-state index in [1.807, 2.05) is 0 Å². The van der Waals surface area contributed by atoms with Gasteiger partial charge in [0.15, 0.2) is 17.3 Å². The second kappa shape index (κ2) is 8.11. The molecule has 0 fully saturated rings. The van der Waals surface area contributed by atoms with Gasteiger partial charge < -0.3 is 4.74 Å². The van der Waals surface area contributed by atoms with Crippen LogP contribution < -0.4 is 4.72 Å². The minimum absolute atomic E-state index is 0.0909. The molecule has 0 aromatic heterocycles. The standard InChI is InChI=1S/C16H12F3NO5S/c17-11-6-4-10(5-7-11)14(21)9-25-15(22)8-20-26(23,24)16-12(18)2-1-3-13(16)19/h1-7,20H,8-9H2. The van der Waals surface area contributed by atoms with Crippen molar-refractivity contribution in [1.82, 2.24) is 4.72 Å². The van der Waals surface area contributed by atoms with Gasteiger partial charge in [-0.25, -0.2) is 21.6 Å². The van der Waals surface area contributed by atoms with E-state index < -0.39 is 57.3 Å². The molecule has 0 saturated carbocycles. The lowest BCUT2D eigenvalue weighted by molar-refractivity contribution is -0.141. The number of ether oxygens (including phenoxy) is 1. The van der Waals surface area contributed by atoms with Crippen molar-refractivity contribution in [2.45, 2.75) is 4.90 Å². The number of nitrogens with one attached hydrogen (secondary N) is 1. The number of halogens is 3. The molecule has 0 radical (unpaired) electrons. The van der Waals surface area contributed by atoms with Crippen molar-refractivity contribution >= 4 is 21.8 Å². The zero-order valence-corrected chi connectivity index (χ0v) is 13.9. The van der Waals surface area contributed by atoms with Crippen LogP contribution in [0, 0.1) is 17.5 Å². The molecule has 0 amide bonds. The maximum atomic E-state index is 13.5. The van der Waals surface area contributed by atoms with Crippen LogP contribution in [0.3, 0.4) is 0 Å². The first-order valence-electron chi connectivity index (χ1n) is 7.09. The van der Waals surface area contributed by atoms with E-state index in [2.05, 4.69) is 4.74 Å². The molecule has 0 aliphatic heterocycles. The number of sulfonamides is 1. The number of rotatable bonds is 7. The second-order valence-electron chi connectivity index (χ2n) is 4.97. The fraction of sp³-hybridized carbons (Fsp3) is 0.125. The molecule has 0 saturated heterocycles. The van der Waals surface area contributed by atoms with Crippen molar-refractivity contribution in [2.75, 3.05) is 13.2 Å². The Bertz CT molecular complexity index is 909. The SMILES string of the molecule is O=C(CNS(=O)(=O)c1c(F)cccc1F)OCC(=O)c1ccc(F)cc1. The molecular weight excluding hydrogens is 375 g/mol. The van der Waals surface area contributed by atoms with Crippen LogP contribution in [0.5, 0.6) is 0 Å². The van der Waals surface area contributed by atoms with Crippen molar-refractivity contribution in [3.05, 3.63) is 65.5 Å². The molecule has 26 heavy (non-hydrogen) atoms. The smallest absolute Gasteiger partial charge is 0.321 e. The topological polar surface area (TPSA) is 89.5 Å². The summed E-state index contributed by atoms with van der Waals surface area (Å²) in [7, 11) is -4.64. The summed E-state index contributed by atoms with van der Waals surface area (Å²) >= 11 is 0. The molecule has 10 heteroatoms. The van der Waals surface area contributed by atoms with Crippen LogP contribution in [0.25, 0.3) is 0 Å². The third-order valence-electron chi connectivity index (χ3n) is 3.12. The van der Waals surface area contributed by atoms with Crippen LogP contribution in [0.1, 0.15) is 10.4 Å². The highest BCUT2D eigenvalue weighted by Gasteiger charge is 2.24. The first-order valence-corrected chi connectivity index (χ1v) is 8.57. The van der Waals surface area contributed by atoms with Gasteiger partial charge in [0, 0.05) is 5.56 Å². The molecule has 138 valence electrons. The van der Waals surface area contributed by atoms with Crippen LogP contribution in [-0.4, -0.2) is 33.3 Å². The van der Waals surface area contributed by atoms with E-state index in [4.69, 9.17) is 0 Å². The lowest BCUT2D eigenvalue weighted by Crippen LogP contribution is -2.32. The van der Waals surface area contributed by atoms with E-state index in [0.717, 1.165) is 30.3 Å². The number of hydrogen-bond donors (Lipinski definition) is 1. The lowest BCUT2D eigenvalue weighted by atomic mass is 10.1. The molecule has 1 N–H and O–H groups in total. The van der Waals surface area contributed by atoms with Crippen LogP contribution >= 0.6 is 0 Å². The van der Waals surface area contributed by atoms with Gasteiger partial charge in [0.05, 0.1) is 0 Å². The highest BCUT2D eigenvalue weighted by atomic mass is 32.2. The predicted octanol–water partition coefficient (Wildman–Crippen LogP) is 1.81. The molecule has 2 aromatic carbocycles. The predicted molar refractivity (Wildman–Crippen MR) is 83.2 cm³/mol. The van der Waals surface area contributed by atoms with Crippen molar-refractivity contribution in [3.63, 3.8) is 0 Å². The number of esters is 1. The van der Waals surface area contributed by atoms with Crippen molar-refractivity contribution in [3.8, 4) is 0 Å². The van der Waals surface area contributed by atoms with Crippen molar-refractivity contribution < 1.29 is 35.9 Å². The number of hydrogen-bond acceptors (Lipinski definition) is 5. The molecular formula is C16H12F3NO5S. The third kappa shape index (κ3) is 4.90. The van der Waals surface area contributed by atoms with Crippen LogP contribution in [0.4, 0.5) is 13.2 Å². The Hall–Kier alpha value is -2.72. The number of carbonyl (C=O) groups excluding carboxylic acids is 2. The Labute approximate surface area is 146 Å². The summed E-state index contributed by atoms with van der Waals surface area (Å²) < 4.78 is 69.8. The molecule has 2 rings (SSSR count). The Balaban J connectivity index is 1.92. The molecule has 0 atom stereocenters. The van der Waals surface area contributed by atoms with Crippen molar-refractivity contribution in [1.29, 1.82) is 0 Å². The Kier molecular flexibility index (Phi) is 6.11. The summed E-state index contributed by atoms with van der Waals surface area (Å²) in [6.07, 6.45) is 0. The quantitative estimate of drug-likeness (QED) is 0.578. The van der Waals surface area contributed by atoms with Gasteiger partial charge in [-0.05, 0) is 36.4 Å². The number of carbonyl (C=O) groups is 2. The maximum Gasteiger partial charge on any atom is 0.321 e. The van der Waals surface area contributed by atoms with E-state index in [1.165, 1.54) is 12.1 Å². The Morgan fingerprint density at radius 2 is 1.54 bits per heavy atom. The Morgan fingerprint density at radius 3 is 2.12 bits per heavy atom. The van der Waals surface area contributed by atoms with E-state index in [1.54, 1.807) is 4.72 Å². The highest BCUT2D eigenvalue weighted by Crippen LogP contribution is 2.17. The van der Waals surface area contributed by atoms with Crippen LogP contribution in [-0.2, 0) is 19.6 Å².